The van der Waals surface area contributed by atoms with Crippen molar-refractivity contribution in [2.45, 2.75) is 48.8 Å². The van der Waals surface area contributed by atoms with Gasteiger partial charge in [-0.3, -0.25) is 30.4 Å². The van der Waals surface area contributed by atoms with Crippen molar-refractivity contribution in [3.63, 3.8) is 0 Å². The highest BCUT2D eigenvalue weighted by molar-refractivity contribution is 6.12. The minimum absolute atomic E-state index is 0.0255. The number of para-hydroxylation sites is 2. The van der Waals surface area contributed by atoms with Crippen LogP contribution in [0.3, 0.4) is 0 Å². The number of hydrogen-bond donors (Lipinski definition) is 7. The Balaban J connectivity index is 1.17. The van der Waals surface area contributed by atoms with Crippen molar-refractivity contribution in [2.24, 2.45) is 16.5 Å². The molecular formula is C29H34N9O6+. The van der Waals surface area contributed by atoms with E-state index in [9.17, 15) is 24.6 Å². The van der Waals surface area contributed by atoms with E-state index in [0.29, 0.717) is 18.0 Å². The molecule has 5 heterocycles. The van der Waals surface area contributed by atoms with Gasteiger partial charge >= 0.3 is 12.0 Å². The van der Waals surface area contributed by atoms with E-state index in [1.54, 1.807) is 36.4 Å². The van der Waals surface area contributed by atoms with Crippen LogP contribution in [0.25, 0.3) is 0 Å². The maximum Gasteiger partial charge on any atom is 0.346 e. The first-order valence-electron chi connectivity index (χ1n) is 14.3. The van der Waals surface area contributed by atoms with Gasteiger partial charge in [-0.2, -0.15) is 0 Å². The summed E-state index contributed by atoms with van der Waals surface area (Å²) in [5, 5.41) is 32.4. The molecule has 230 valence electrons. The third-order valence-electron chi connectivity index (χ3n) is 9.24. The van der Waals surface area contributed by atoms with Crippen molar-refractivity contribution < 1.29 is 33.9 Å². The SMILES string of the molecule is CC1(C)COc2c(C(=O)N[C@H]3C[N+]4=C(N)N[C@@H](CN5C(=O)CN(c6ccccc6)C5=O)[C@@H]5N=C(N)N[C@@]54C3(O)O)cccc21. The number of aliphatic hydroxyl groups is 2. The Morgan fingerprint density at radius 1 is 1.16 bits per heavy atom. The van der Waals surface area contributed by atoms with Gasteiger partial charge in [-0.15, -0.1) is 0 Å². The molecule has 5 aliphatic rings. The molecule has 2 aromatic rings. The number of fused-ring (bicyclic) bond motifs is 1. The second-order valence-corrected chi connectivity index (χ2v) is 12.4. The summed E-state index contributed by atoms with van der Waals surface area (Å²) in [6.45, 7) is 3.98. The number of carbonyl (C=O) groups excluding carboxylic acids is 3. The Bertz CT molecular complexity index is 1660. The Morgan fingerprint density at radius 2 is 1.91 bits per heavy atom. The van der Waals surface area contributed by atoms with Gasteiger partial charge < -0.3 is 31.3 Å². The van der Waals surface area contributed by atoms with Gasteiger partial charge in [0, 0.05) is 16.7 Å². The van der Waals surface area contributed by atoms with Gasteiger partial charge in [0.25, 0.3) is 11.8 Å². The van der Waals surface area contributed by atoms with Crippen LogP contribution in [0.15, 0.2) is 53.5 Å². The number of benzene rings is 2. The minimum atomic E-state index is -2.67. The van der Waals surface area contributed by atoms with Crippen LogP contribution in [-0.4, -0.2) is 105 Å². The van der Waals surface area contributed by atoms with Gasteiger partial charge in [-0.25, -0.2) is 14.4 Å². The molecule has 15 nitrogen and oxygen atoms in total. The number of hydrogen-bond acceptors (Lipinski definition) is 11. The van der Waals surface area contributed by atoms with Crippen LogP contribution < -0.4 is 37.1 Å². The molecule has 7 rings (SSSR count). The zero-order chi connectivity index (χ0) is 31.2. The molecule has 2 aromatic carbocycles. The lowest BCUT2D eigenvalue weighted by molar-refractivity contribution is -0.623. The Hall–Kier alpha value is -4.89. The molecule has 0 radical (unpaired) electrons. The van der Waals surface area contributed by atoms with Crippen molar-refractivity contribution in [3.8, 4) is 5.75 Å². The third kappa shape index (κ3) is 3.78. The van der Waals surface area contributed by atoms with Gasteiger partial charge in [0.05, 0.1) is 25.3 Å². The zero-order valence-electron chi connectivity index (χ0n) is 24.2. The molecule has 0 unspecified atom stereocenters. The fraction of sp³-hybridized carbons (Fsp3) is 0.414. The van der Waals surface area contributed by atoms with Gasteiger partial charge in [0.15, 0.2) is 5.96 Å². The number of carbonyl (C=O) groups is 3. The third-order valence-corrected chi connectivity index (χ3v) is 9.24. The van der Waals surface area contributed by atoms with Crippen LogP contribution in [0.5, 0.6) is 5.75 Å². The van der Waals surface area contributed by atoms with Gasteiger partial charge in [-0.1, -0.05) is 44.2 Å². The van der Waals surface area contributed by atoms with Gasteiger partial charge in [0.2, 0.25) is 11.4 Å². The first-order chi connectivity index (χ1) is 20.8. The Labute approximate surface area is 252 Å². The van der Waals surface area contributed by atoms with E-state index in [4.69, 9.17) is 16.2 Å². The number of ether oxygens (including phenoxy) is 1. The molecule has 44 heavy (non-hydrogen) atoms. The summed E-state index contributed by atoms with van der Waals surface area (Å²) in [5.74, 6) is -3.28. The largest absolute Gasteiger partial charge is 0.492 e. The molecular weight excluding hydrogens is 570 g/mol. The second-order valence-electron chi connectivity index (χ2n) is 12.4. The van der Waals surface area contributed by atoms with Crippen LogP contribution in [0, 0.1) is 0 Å². The molecule has 5 aliphatic heterocycles. The molecule has 0 bridgehead atoms. The monoisotopic (exact) mass is 604 g/mol. The normalized spacial score (nSPS) is 29.4. The van der Waals surface area contributed by atoms with E-state index in [-0.39, 0.29) is 42.5 Å². The molecule has 0 aliphatic carbocycles. The van der Waals surface area contributed by atoms with Crippen LogP contribution in [0.4, 0.5) is 10.5 Å². The number of nitrogens with zero attached hydrogens (tertiary/aromatic N) is 4. The van der Waals surface area contributed by atoms with Crippen LogP contribution in [-0.2, 0) is 10.2 Å². The number of imide groups is 1. The van der Waals surface area contributed by atoms with Crippen molar-refractivity contribution in [1.82, 2.24) is 20.9 Å². The molecule has 4 amide bonds. The number of aliphatic imine (C=N–C) groups is 1. The number of rotatable bonds is 5. The molecule has 9 N–H and O–H groups in total. The average Bonchev–Trinajstić information content (AvgIpc) is 3.66. The average molecular weight is 605 g/mol. The van der Waals surface area contributed by atoms with E-state index in [1.807, 2.05) is 26.0 Å². The lowest BCUT2D eigenvalue weighted by Crippen LogP contribution is -2.79. The van der Waals surface area contributed by atoms with E-state index >= 15 is 0 Å². The summed E-state index contributed by atoms with van der Waals surface area (Å²) in [4.78, 5) is 46.8. The highest BCUT2D eigenvalue weighted by Crippen LogP contribution is 2.43. The summed E-state index contributed by atoms with van der Waals surface area (Å²) >= 11 is 0. The number of anilines is 1. The van der Waals surface area contributed by atoms with Crippen LogP contribution >= 0.6 is 0 Å². The number of urea groups is 1. The number of guanidine groups is 2. The Kier molecular flexibility index (Phi) is 5.90. The summed E-state index contributed by atoms with van der Waals surface area (Å²) in [6.07, 6.45) is 0. The highest BCUT2D eigenvalue weighted by Gasteiger charge is 2.75. The quantitative estimate of drug-likeness (QED) is 0.112. The molecule has 2 fully saturated rings. The standard InChI is InChI=1S/C29H33N9O6/c1-27(2)14-44-21-16(9-6-10-17(21)27)23(40)33-19-12-38-25(31)32-18(22-28(38,29(19,42)43)35-24(30)34-22)11-37-20(39)13-36(26(37)41)15-7-4-3-5-8-15/h3-10,18-19,22,42-43H,11-14H2,1-2H3,(H6,30,31,32,33,34,35,40)/p+1/t18-,19-,22-,28-/m0/s1. The number of amides is 4. The molecule has 0 aromatic heterocycles. The number of nitrogens with two attached hydrogens (primary N) is 2. The predicted octanol–water partition coefficient (Wildman–Crippen LogP) is -2.10. The van der Waals surface area contributed by atoms with Crippen LogP contribution in [0.1, 0.15) is 29.8 Å². The molecule has 2 saturated heterocycles. The van der Waals surface area contributed by atoms with E-state index in [2.05, 4.69) is 20.9 Å². The molecule has 15 heteroatoms. The fourth-order valence-corrected chi connectivity index (χ4v) is 7.01. The summed E-state index contributed by atoms with van der Waals surface area (Å²) in [6, 6.07) is 10.4. The zero-order valence-corrected chi connectivity index (χ0v) is 24.2. The van der Waals surface area contributed by atoms with Crippen molar-refractivity contribution in [3.05, 3.63) is 59.7 Å². The van der Waals surface area contributed by atoms with Crippen molar-refractivity contribution in [1.29, 1.82) is 0 Å². The van der Waals surface area contributed by atoms with Crippen LogP contribution in [0.2, 0.25) is 0 Å². The second kappa shape index (κ2) is 9.30. The highest BCUT2D eigenvalue weighted by atomic mass is 16.5. The maximum atomic E-state index is 13.6. The van der Waals surface area contributed by atoms with Gasteiger partial charge in [0.1, 0.15) is 30.4 Å². The van der Waals surface area contributed by atoms with Gasteiger partial charge in [-0.05, 0) is 18.2 Å². The molecule has 1 spiro atoms. The van der Waals surface area contributed by atoms with E-state index < -0.39 is 47.4 Å². The first kappa shape index (κ1) is 27.9. The molecule has 0 saturated carbocycles. The predicted molar refractivity (Wildman–Crippen MR) is 157 cm³/mol. The first-order valence-corrected chi connectivity index (χ1v) is 14.3. The lowest BCUT2D eigenvalue weighted by Gasteiger charge is -2.44. The molecule has 4 atom stereocenters. The topological polar surface area (TPSA) is 211 Å². The summed E-state index contributed by atoms with van der Waals surface area (Å²) in [7, 11) is 0. The van der Waals surface area contributed by atoms with Crippen molar-refractivity contribution in [2.75, 3.05) is 31.1 Å². The lowest BCUT2D eigenvalue weighted by atomic mass is 9.84. The summed E-state index contributed by atoms with van der Waals surface area (Å²) in [5.41, 5.74) is 12.2. The smallest absolute Gasteiger partial charge is 0.346 e. The minimum Gasteiger partial charge on any atom is -0.492 e. The Morgan fingerprint density at radius 3 is 2.66 bits per heavy atom. The fourth-order valence-electron chi connectivity index (χ4n) is 7.01. The van der Waals surface area contributed by atoms with E-state index in [0.717, 1.165) is 10.5 Å². The van der Waals surface area contributed by atoms with Crippen molar-refractivity contribution >= 4 is 35.5 Å². The van der Waals surface area contributed by atoms with E-state index in [1.165, 1.54) is 9.48 Å². The summed E-state index contributed by atoms with van der Waals surface area (Å²) < 4.78 is 7.33. The number of nitrogens with one attached hydrogen (secondary N) is 3. The maximum absolute atomic E-state index is 13.6.